The van der Waals surface area contributed by atoms with Crippen molar-refractivity contribution in [2.24, 2.45) is 0 Å². The third-order valence-electron chi connectivity index (χ3n) is 3.30. The number of hydrogen-bond acceptors (Lipinski definition) is 3. The van der Waals surface area contributed by atoms with Gasteiger partial charge in [0.1, 0.15) is 0 Å². The minimum Gasteiger partial charge on any atom is -0.399 e. The van der Waals surface area contributed by atoms with Crippen LogP contribution < -0.4 is 11.1 Å². The maximum atomic E-state index is 12.7. The highest BCUT2D eigenvalue weighted by atomic mass is 16.1. The van der Waals surface area contributed by atoms with Crippen LogP contribution in [0.2, 0.25) is 0 Å². The minimum absolute atomic E-state index is 0.0832. The molecule has 0 fully saturated rings. The van der Waals surface area contributed by atoms with Gasteiger partial charge in [0.2, 0.25) is 0 Å². The first-order valence-electron chi connectivity index (χ1n) is 7.26. The molecule has 1 atom stereocenters. The van der Waals surface area contributed by atoms with E-state index in [1.165, 1.54) is 0 Å². The van der Waals surface area contributed by atoms with Crippen molar-refractivity contribution in [3.8, 4) is 0 Å². The molecule has 3 heteroatoms. The molecule has 110 valence electrons. The Morgan fingerprint density at radius 2 is 1.81 bits per heavy atom. The van der Waals surface area contributed by atoms with Crippen molar-refractivity contribution in [2.75, 3.05) is 5.73 Å². The summed E-state index contributed by atoms with van der Waals surface area (Å²) in [5.41, 5.74) is 8.20. The number of Topliss-reactive ketones (excluding diaryl/α,β-unsaturated/α-hetero) is 1. The van der Waals surface area contributed by atoms with Crippen molar-refractivity contribution in [3.63, 3.8) is 0 Å². The second-order valence-electron chi connectivity index (χ2n) is 5.55. The van der Waals surface area contributed by atoms with Gasteiger partial charge in [-0.25, -0.2) is 0 Å². The van der Waals surface area contributed by atoms with E-state index >= 15 is 0 Å². The predicted octanol–water partition coefficient (Wildman–Crippen LogP) is 3.06. The van der Waals surface area contributed by atoms with Crippen molar-refractivity contribution in [1.29, 1.82) is 0 Å². The zero-order chi connectivity index (χ0) is 15.2. The van der Waals surface area contributed by atoms with Crippen LogP contribution in [0.5, 0.6) is 0 Å². The molecule has 0 aromatic heterocycles. The Kier molecular flexibility index (Phi) is 5.12. The van der Waals surface area contributed by atoms with Gasteiger partial charge in [-0.15, -0.1) is 0 Å². The van der Waals surface area contributed by atoms with Crippen LogP contribution in [0.15, 0.2) is 54.6 Å². The summed E-state index contributed by atoms with van der Waals surface area (Å²) >= 11 is 0. The molecule has 0 bridgehead atoms. The second-order valence-corrected chi connectivity index (χ2v) is 5.55. The van der Waals surface area contributed by atoms with E-state index in [1.54, 1.807) is 12.1 Å². The monoisotopic (exact) mass is 282 g/mol. The van der Waals surface area contributed by atoms with Crippen molar-refractivity contribution in [2.45, 2.75) is 32.4 Å². The van der Waals surface area contributed by atoms with E-state index < -0.39 is 0 Å². The molecule has 0 aliphatic heterocycles. The average molecular weight is 282 g/mol. The largest absolute Gasteiger partial charge is 0.399 e. The first-order chi connectivity index (χ1) is 10.1. The highest BCUT2D eigenvalue weighted by molar-refractivity contribution is 6.00. The van der Waals surface area contributed by atoms with Crippen LogP contribution in [0.1, 0.15) is 29.8 Å². The van der Waals surface area contributed by atoms with Gasteiger partial charge in [-0.05, 0) is 24.1 Å². The predicted molar refractivity (Wildman–Crippen MR) is 87.4 cm³/mol. The molecule has 0 saturated carbocycles. The quantitative estimate of drug-likeness (QED) is 0.632. The summed E-state index contributed by atoms with van der Waals surface area (Å²) < 4.78 is 0. The summed E-state index contributed by atoms with van der Waals surface area (Å²) in [5, 5.41) is 3.36. The van der Waals surface area contributed by atoms with Crippen molar-refractivity contribution >= 4 is 11.5 Å². The van der Waals surface area contributed by atoms with E-state index in [1.807, 2.05) is 56.3 Å². The summed E-state index contributed by atoms with van der Waals surface area (Å²) in [6, 6.07) is 17.2. The van der Waals surface area contributed by atoms with E-state index in [0.29, 0.717) is 17.7 Å². The van der Waals surface area contributed by atoms with Gasteiger partial charge in [0.25, 0.3) is 0 Å². The van der Waals surface area contributed by atoms with E-state index in [-0.39, 0.29) is 17.9 Å². The lowest BCUT2D eigenvalue weighted by atomic mass is 9.96. The molecule has 0 aliphatic rings. The first-order valence-corrected chi connectivity index (χ1v) is 7.26. The van der Waals surface area contributed by atoms with Gasteiger partial charge in [-0.1, -0.05) is 56.3 Å². The van der Waals surface area contributed by atoms with Crippen LogP contribution in [0, 0.1) is 0 Å². The van der Waals surface area contributed by atoms with Crippen LogP contribution in [0.3, 0.4) is 0 Å². The minimum atomic E-state index is -0.241. The van der Waals surface area contributed by atoms with E-state index in [9.17, 15) is 4.79 Å². The fraction of sp³-hybridized carbons (Fsp3) is 0.278. The number of carbonyl (C=O) groups is 1. The summed E-state index contributed by atoms with van der Waals surface area (Å²) in [6.07, 6.45) is 0.673. The smallest absolute Gasteiger partial charge is 0.180 e. The number of ketones is 1. The number of benzene rings is 2. The lowest BCUT2D eigenvalue weighted by Crippen LogP contribution is -2.42. The molecule has 0 saturated heterocycles. The lowest BCUT2D eigenvalue weighted by Gasteiger charge is -2.20. The van der Waals surface area contributed by atoms with Crippen molar-refractivity contribution in [1.82, 2.24) is 5.32 Å². The van der Waals surface area contributed by atoms with Gasteiger partial charge < -0.3 is 11.1 Å². The molecule has 0 aliphatic carbocycles. The third kappa shape index (κ3) is 4.43. The fourth-order valence-electron chi connectivity index (χ4n) is 2.37. The van der Waals surface area contributed by atoms with Crippen LogP contribution in [-0.2, 0) is 6.42 Å². The number of carbonyl (C=O) groups excluding carboxylic acids is 1. The Bertz CT molecular complexity index is 593. The standard InChI is InChI=1S/C18H22N2O/c1-13(2)20-17(11-14-7-4-3-5-8-14)18(21)15-9-6-10-16(19)12-15/h3-10,12-13,17,20H,11,19H2,1-2H3. The topological polar surface area (TPSA) is 55.1 Å². The van der Waals surface area contributed by atoms with Crippen LogP contribution in [0.4, 0.5) is 5.69 Å². The molecule has 2 aromatic carbocycles. The van der Waals surface area contributed by atoms with Gasteiger partial charge in [0.15, 0.2) is 5.78 Å². The third-order valence-corrected chi connectivity index (χ3v) is 3.30. The molecule has 3 nitrogen and oxygen atoms in total. The Hall–Kier alpha value is -2.13. The maximum Gasteiger partial charge on any atom is 0.180 e. The normalized spacial score (nSPS) is 12.3. The number of nitrogen functional groups attached to an aromatic ring is 1. The highest BCUT2D eigenvalue weighted by Gasteiger charge is 2.21. The van der Waals surface area contributed by atoms with Crippen LogP contribution >= 0.6 is 0 Å². The molecule has 0 amide bonds. The first kappa shape index (κ1) is 15.3. The summed E-state index contributed by atoms with van der Waals surface area (Å²) in [4.78, 5) is 12.7. The van der Waals surface area contributed by atoms with Crippen molar-refractivity contribution < 1.29 is 4.79 Å². The Morgan fingerprint density at radius 1 is 1.10 bits per heavy atom. The number of nitrogens with two attached hydrogens (primary N) is 1. The molecule has 2 aromatic rings. The molecule has 21 heavy (non-hydrogen) atoms. The molecule has 2 rings (SSSR count). The maximum absolute atomic E-state index is 12.7. The summed E-state index contributed by atoms with van der Waals surface area (Å²) in [5.74, 6) is 0.0832. The van der Waals surface area contributed by atoms with Crippen LogP contribution in [0.25, 0.3) is 0 Å². The number of rotatable bonds is 6. The van der Waals surface area contributed by atoms with Crippen LogP contribution in [-0.4, -0.2) is 17.9 Å². The zero-order valence-electron chi connectivity index (χ0n) is 12.5. The molecular weight excluding hydrogens is 260 g/mol. The Balaban J connectivity index is 2.21. The van der Waals surface area contributed by atoms with E-state index in [2.05, 4.69) is 5.32 Å². The molecule has 0 spiro atoms. The Labute approximate surface area is 126 Å². The zero-order valence-corrected chi connectivity index (χ0v) is 12.5. The number of anilines is 1. The highest BCUT2D eigenvalue weighted by Crippen LogP contribution is 2.13. The van der Waals surface area contributed by atoms with Gasteiger partial charge in [-0.2, -0.15) is 0 Å². The van der Waals surface area contributed by atoms with E-state index in [4.69, 9.17) is 5.73 Å². The van der Waals surface area contributed by atoms with Crippen molar-refractivity contribution in [3.05, 3.63) is 65.7 Å². The summed E-state index contributed by atoms with van der Waals surface area (Å²) in [6.45, 7) is 4.09. The van der Waals surface area contributed by atoms with Gasteiger partial charge in [-0.3, -0.25) is 4.79 Å². The van der Waals surface area contributed by atoms with E-state index in [0.717, 1.165) is 5.56 Å². The number of hydrogen-bond donors (Lipinski definition) is 2. The molecule has 3 N–H and O–H groups in total. The van der Waals surface area contributed by atoms with Gasteiger partial charge >= 0.3 is 0 Å². The van der Waals surface area contributed by atoms with Gasteiger partial charge in [0.05, 0.1) is 6.04 Å². The fourth-order valence-corrected chi connectivity index (χ4v) is 2.37. The summed E-state index contributed by atoms with van der Waals surface area (Å²) in [7, 11) is 0. The molecular formula is C18H22N2O. The molecule has 0 heterocycles. The Morgan fingerprint density at radius 3 is 2.43 bits per heavy atom. The van der Waals surface area contributed by atoms with Gasteiger partial charge in [0, 0.05) is 17.3 Å². The SMILES string of the molecule is CC(C)NC(Cc1ccccc1)C(=O)c1cccc(N)c1. The number of nitrogens with one attached hydrogen (secondary N) is 1. The lowest BCUT2D eigenvalue weighted by molar-refractivity contribution is 0.0937. The molecule has 1 unspecified atom stereocenters. The molecule has 0 radical (unpaired) electrons. The average Bonchev–Trinajstić information content (AvgIpc) is 2.46. The second kappa shape index (κ2) is 7.04.